The van der Waals surface area contributed by atoms with Crippen molar-refractivity contribution in [1.29, 1.82) is 0 Å². The third kappa shape index (κ3) is 6.02. The van der Waals surface area contributed by atoms with Gasteiger partial charge >= 0.3 is 143 Å². The molecular weight excluding hydrogens is 373 g/mol. The van der Waals surface area contributed by atoms with E-state index >= 15 is 0 Å². The molecule has 0 amide bonds. The molecule has 1 nitrogen and oxygen atoms in total. The van der Waals surface area contributed by atoms with Gasteiger partial charge in [0, 0.05) is 0 Å². The average Bonchev–Trinajstić information content (AvgIpc) is 2.87. The molecule has 0 fully saturated rings. The van der Waals surface area contributed by atoms with Crippen LogP contribution in [0.4, 0.5) is 0 Å². The van der Waals surface area contributed by atoms with Crippen LogP contribution in [0.2, 0.25) is 0 Å². The van der Waals surface area contributed by atoms with E-state index in [1.165, 1.54) is 52.9 Å². The molecule has 4 rings (SSSR count). The van der Waals surface area contributed by atoms with E-state index in [-0.39, 0.29) is 0 Å². The van der Waals surface area contributed by atoms with Crippen molar-refractivity contribution in [2.24, 2.45) is 0 Å². The average molecular weight is 405 g/mol. The van der Waals surface area contributed by atoms with Crippen LogP contribution in [0.3, 0.4) is 0 Å². The van der Waals surface area contributed by atoms with Gasteiger partial charge in [-0.05, 0) is 19.6 Å². The molecule has 4 aromatic rings. The first-order valence-corrected chi connectivity index (χ1v) is 11.3. The Balaban J connectivity index is 0.000000339. The summed E-state index contributed by atoms with van der Waals surface area (Å²) < 4.78 is 0. The molecule has 0 bridgehead atoms. The van der Waals surface area contributed by atoms with Crippen LogP contribution in [0.5, 0.6) is 0 Å². The summed E-state index contributed by atoms with van der Waals surface area (Å²) in [6.45, 7) is 12.3. The van der Waals surface area contributed by atoms with Crippen LogP contribution in [-0.4, -0.2) is 31.4 Å². The molecule has 2 heteroatoms. The van der Waals surface area contributed by atoms with Crippen LogP contribution < -0.4 is 0 Å². The summed E-state index contributed by atoms with van der Waals surface area (Å²) in [7, 11) is 0. The molecule has 0 N–H and O–H groups in total. The minimum atomic E-state index is 1.19. The Hall–Kier alpha value is -2.97. The Morgan fingerprint density at radius 2 is 1.00 bits per heavy atom. The van der Waals surface area contributed by atoms with Crippen molar-refractivity contribution < 1.29 is 0 Å². The van der Waals surface area contributed by atoms with Crippen LogP contribution in [0.1, 0.15) is 20.8 Å². The van der Waals surface area contributed by atoms with E-state index in [4.69, 9.17) is 0 Å². The normalized spacial score (nSPS) is 10.3. The number of rotatable bonds is 6. The van der Waals surface area contributed by atoms with Crippen molar-refractivity contribution in [3.63, 3.8) is 0 Å². The van der Waals surface area contributed by atoms with E-state index in [0.29, 0.717) is 0 Å². The van der Waals surface area contributed by atoms with Gasteiger partial charge in [-0.1, -0.05) is 20.8 Å². The van der Waals surface area contributed by atoms with Crippen molar-refractivity contribution >= 4 is 6.91 Å². The molecule has 0 unspecified atom stereocenters. The number of benzene rings is 3. The second-order valence-corrected chi connectivity index (χ2v) is 7.45. The molecule has 0 radical (unpaired) electrons. The van der Waals surface area contributed by atoms with Crippen LogP contribution in [-0.2, 0) is 0 Å². The van der Waals surface area contributed by atoms with Crippen LogP contribution in [0, 0.1) is 0 Å². The first-order chi connectivity index (χ1) is 15.3. The van der Waals surface area contributed by atoms with Crippen LogP contribution >= 0.6 is 0 Å². The summed E-state index contributed by atoms with van der Waals surface area (Å²) in [6, 6.07) is 34.1. The van der Waals surface area contributed by atoms with Gasteiger partial charge < -0.3 is 4.90 Å². The Kier molecular flexibility index (Phi) is 8.81. The minimum absolute atomic E-state index is 1.19. The van der Waals surface area contributed by atoms with Crippen molar-refractivity contribution in [1.82, 2.24) is 4.90 Å². The third-order valence-electron chi connectivity index (χ3n) is 5.64. The standard InChI is InChI=1S/C23H17B.C6H15N/c1-4-10-18(11-5-1)21-16-17-24-23(20-14-8-3-9-15-20)22(21)19-12-6-2-7-13-19;1-4-7(5-2)6-3/h1-17H;4-6H2,1-3H3. The maximum atomic E-state index is 2.38. The van der Waals surface area contributed by atoms with Gasteiger partial charge in [-0.15, -0.1) is 0 Å². The predicted octanol–water partition coefficient (Wildman–Crippen LogP) is 7.37. The van der Waals surface area contributed by atoms with Gasteiger partial charge in [0.2, 0.25) is 0 Å². The molecule has 156 valence electrons. The summed E-state index contributed by atoms with van der Waals surface area (Å²) in [5.41, 5.74) is 7.56. The topological polar surface area (TPSA) is 3.24 Å². The van der Waals surface area contributed by atoms with Crippen molar-refractivity contribution in [2.75, 3.05) is 19.6 Å². The van der Waals surface area contributed by atoms with Crippen molar-refractivity contribution in [2.45, 2.75) is 20.8 Å². The monoisotopic (exact) mass is 405 g/mol. The van der Waals surface area contributed by atoms with Gasteiger partial charge in [0.25, 0.3) is 0 Å². The molecule has 31 heavy (non-hydrogen) atoms. The van der Waals surface area contributed by atoms with E-state index in [1.54, 1.807) is 0 Å². The molecule has 0 spiro atoms. The summed E-state index contributed by atoms with van der Waals surface area (Å²) in [4.78, 5) is 2.38. The van der Waals surface area contributed by atoms with Gasteiger partial charge in [0.05, 0.1) is 0 Å². The molecule has 0 atom stereocenters. The van der Waals surface area contributed by atoms with E-state index in [1.807, 2.05) is 0 Å². The van der Waals surface area contributed by atoms with E-state index < -0.39 is 0 Å². The molecule has 1 aromatic heterocycles. The van der Waals surface area contributed by atoms with Crippen LogP contribution in [0.25, 0.3) is 33.3 Å². The van der Waals surface area contributed by atoms with E-state index in [2.05, 4.69) is 136 Å². The molecule has 0 saturated carbocycles. The van der Waals surface area contributed by atoms with Gasteiger partial charge in [0.15, 0.2) is 0 Å². The quantitative estimate of drug-likeness (QED) is 0.324. The summed E-state index contributed by atoms with van der Waals surface area (Å²) in [5.74, 6) is 2.15. The van der Waals surface area contributed by atoms with E-state index in [9.17, 15) is 0 Å². The van der Waals surface area contributed by atoms with Gasteiger partial charge in [0.1, 0.15) is 0 Å². The molecule has 0 aliphatic rings. The second-order valence-electron chi connectivity index (χ2n) is 7.45. The van der Waals surface area contributed by atoms with Gasteiger partial charge in [-0.3, -0.25) is 0 Å². The van der Waals surface area contributed by atoms with Crippen molar-refractivity contribution in [3.05, 3.63) is 103 Å². The first kappa shape index (κ1) is 22.7. The molecular formula is C29H32BN. The van der Waals surface area contributed by atoms with Gasteiger partial charge in [-0.25, -0.2) is 0 Å². The Morgan fingerprint density at radius 3 is 1.45 bits per heavy atom. The maximum absolute atomic E-state index is 2.38. The zero-order chi connectivity index (χ0) is 21.9. The summed E-state index contributed by atoms with van der Waals surface area (Å²) in [5, 5.41) is 0. The number of nitrogens with zero attached hydrogens (tertiary/aromatic N) is 1. The fourth-order valence-electron chi connectivity index (χ4n) is 3.86. The Labute approximate surface area is 188 Å². The Morgan fingerprint density at radius 1 is 0.548 bits per heavy atom. The number of hydrogen-bond acceptors (Lipinski definition) is 1. The predicted molar refractivity (Wildman–Crippen MR) is 138 cm³/mol. The molecule has 0 aliphatic carbocycles. The fourth-order valence-corrected chi connectivity index (χ4v) is 3.86. The SMILES string of the molecule is CCN(CC)CC.b1ccc(-c2ccccc2)c(-c2ccccc2)c1-c1ccccc1. The zero-order valence-electron chi connectivity index (χ0n) is 19.0. The third-order valence-corrected chi connectivity index (χ3v) is 5.64. The molecule has 0 aliphatic heterocycles. The molecule has 0 saturated heterocycles. The van der Waals surface area contributed by atoms with E-state index in [0.717, 1.165) is 0 Å². The molecule has 1 heterocycles. The number of hydrogen-bond donors (Lipinski definition) is 0. The molecule has 3 aromatic carbocycles. The van der Waals surface area contributed by atoms with Crippen LogP contribution in [0.15, 0.2) is 103 Å². The van der Waals surface area contributed by atoms with Crippen molar-refractivity contribution in [3.8, 4) is 33.3 Å². The zero-order valence-corrected chi connectivity index (χ0v) is 19.0. The second kappa shape index (κ2) is 12.0. The Bertz CT molecular complexity index is 963. The fraction of sp³-hybridized carbons (Fsp3) is 0.207. The van der Waals surface area contributed by atoms with Gasteiger partial charge in [-0.2, -0.15) is 0 Å². The summed E-state index contributed by atoms with van der Waals surface area (Å²) >= 11 is 0. The summed E-state index contributed by atoms with van der Waals surface area (Å²) in [6.07, 6.45) is 0. The first-order valence-electron chi connectivity index (χ1n) is 11.3.